The molecule has 0 aliphatic rings. The van der Waals surface area contributed by atoms with Crippen LogP contribution < -0.4 is 0 Å². The molecule has 0 spiro atoms. The van der Waals surface area contributed by atoms with E-state index < -0.39 is 0 Å². The summed E-state index contributed by atoms with van der Waals surface area (Å²) < 4.78 is 12.1. The predicted octanol–water partition coefficient (Wildman–Crippen LogP) is 5.07. The molecule has 1 aromatic heterocycles. The van der Waals surface area contributed by atoms with Crippen LogP contribution in [0.3, 0.4) is 0 Å². The Bertz CT molecular complexity index is 1110. The molecule has 3 rings (SSSR count). The summed E-state index contributed by atoms with van der Waals surface area (Å²) in [4.78, 5) is 25.9. The van der Waals surface area contributed by atoms with Crippen LogP contribution in [-0.4, -0.2) is 51.6 Å². The molecule has 36 heavy (non-hydrogen) atoms. The molecule has 8 heteroatoms. The van der Waals surface area contributed by atoms with E-state index in [1.165, 1.54) is 11.6 Å². The third-order valence-electron chi connectivity index (χ3n) is 5.83. The molecule has 2 aromatic carbocycles. The maximum atomic E-state index is 11.8. The second-order valence-corrected chi connectivity index (χ2v) is 8.45. The molecule has 1 heterocycles. The van der Waals surface area contributed by atoms with Gasteiger partial charge in [-0.3, -0.25) is 9.69 Å². The fraction of sp³-hybridized carbons (Fsp3) is 0.429. The number of carbonyl (C=O) groups excluding carboxylic acids is 2. The Morgan fingerprint density at radius 2 is 1.75 bits per heavy atom. The first-order chi connectivity index (χ1) is 17.6. The quantitative estimate of drug-likeness (QED) is 0.166. The predicted molar refractivity (Wildman–Crippen MR) is 139 cm³/mol. The topological polar surface area (TPSA) is 86.5 Å². The average Bonchev–Trinajstić information content (AvgIpc) is 3.31. The highest BCUT2D eigenvalue weighted by Crippen LogP contribution is 2.26. The van der Waals surface area contributed by atoms with Crippen molar-refractivity contribution >= 4 is 23.0 Å². The molecule has 8 nitrogen and oxygen atoms in total. The third kappa shape index (κ3) is 8.30. The number of esters is 2. The van der Waals surface area contributed by atoms with E-state index in [0.717, 1.165) is 30.3 Å². The summed E-state index contributed by atoms with van der Waals surface area (Å²) in [7, 11) is 0. The van der Waals surface area contributed by atoms with Crippen molar-refractivity contribution in [1.29, 1.82) is 0 Å². The Hall–Kier alpha value is -3.52. The number of aromatic nitrogens is 3. The first-order valence-corrected chi connectivity index (χ1v) is 12.7. The normalized spacial score (nSPS) is 12.3. The summed E-state index contributed by atoms with van der Waals surface area (Å²) >= 11 is 0. The van der Waals surface area contributed by atoms with Crippen LogP contribution in [-0.2, 0) is 25.6 Å². The van der Waals surface area contributed by atoms with E-state index in [-0.39, 0.29) is 18.1 Å². The van der Waals surface area contributed by atoms with Crippen LogP contribution >= 0.6 is 0 Å². The third-order valence-corrected chi connectivity index (χ3v) is 5.83. The van der Waals surface area contributed by atoms with Crippen molar-refractivity contribution in [2.45, 2.75) is 58.7 Å². The summed E-state index contributed by atoms with van der Waals surface area (Å²) in [5.74, 6) is -0.490. The zero-order valence-electron chi connectivity index (χ0n) is 21.2. The number of para-hydroxylation sites is 1. The lowest BCUT2D eigenvalue weighted by molar-refractivity contribution is -0.143. The number of fused-ring (bicyclic) bond motifs is 1. The molecule has 0 aliphatic carbocycles. The number of hydrogen-bond donors (Lipinski definition) is 0. The van der Waals surface area contributed by atoms with Crippen LogP contribution in [0.2, 0.25) is 0 Å². The van der Waals surface area contributed by atoms with E-state index in [0.29, 0.717) is 39.1 Å². The lowest BCUT2D eigenvalue weighted by atomic mass is 10.1. The molecule has 0 fully saturated rings. The number of unbranched alkanes of at least 4 members (excludes halogenated alkanes) is 1. The lowest BCUT2D eigenvalue weighted by Crippen LogP contribution is -2.34. The van der Waals surface area contributed by atoms with Crippen LogP contribution in [0.1, 0.15) is 57.7 Å². The van der Waals surface area contributed by atoms with E-state index in [4.69, 9.17) is 9.47 Å². The van der Waals surface area contributed by atoms with Crippen LogP contribution in [0.4, 0.5) is 0 Å². The average molecular weight is 493 g/mol. The van der Waals surface area contributed by atoms with Crippen molar-refractivity contribution in [2.75, 3.05) is 19.8 Å². The molecule has 0 bridgehead atoms. The monoisotopic (exact) mass is 492 g/mol. The summed E-state index contributed by atoms with van der Waals surface area (Å²) in [5, 5.41) is 8.91. The van der Waals surface area contributed by atoms with Crippen molar-refractivity contribution in [3.05, 3.63) is 72.3 Å². The second-order valence-electron chi connectivity index (χ2n) is 8.45. The van der Waals surface area contributed by atoms with Gasteiger partial charge >= 0.3 is 11.9 Å². The Morgan fingerprint density at radius 1 is 1.00 bits per heavy atom. The van der Waals surface area contributed by atoms with E-state index in [1.807, 2.05) is 60.1 Å². The summed E-state index contributed by atoms with van der Waals surface area (Å²) in [6.45, 7) is 5.80. The van der Waals surface area contributed by atoms with Crippen LogP contribution in [0.25, 0.3) is 11.0 Å². The van der Waals surface area contributed by atoms with E-state index in [9.17, 15) is 9.59 Å². The first kappa shape index (κ1) is 27.1. The number of hydrogen-bond acceptors (Lipinski definition) is 7. The minimum absolute atomic E-state index is 0.0733. The molecule has 0 N–H and O–H groups in total. The van der Waals surface area contributed by atoms with Gasteiger partial charge in [-0.25, -0.2) is 9.48 Å². The molecule has 0 radical (unpaired) electrons. The zero-order valence-corrected chi connectivity index (χ0v) is 21.2. The van der Waals surface area contributed by atoms with Gasteiger partial charge in [-0.2, -0.15) is 0 Å². The van der Waals surface area contributed by atoms with Crippen molar-refractivity contribution < 1.29 is 19.1 Å². The number of nitrogens with zero attached hydrogens (tertiary/aromatic N) is 4. The van der Waals surface area contributed by atoms with Gasteiger partial charge in [-0.05, 0) is 57.2 Å². The molecule has 1 unspecified atom stereocenters. The molecule has 1 atom stereocenters. The summed E-state index contributed by atoms with van der Waals surface area (Å²) in [6.07, 6.45) is 6.72. The Morgan fingerprint density at radius 3 is 2.53 bits per heavy atom. The van der Waals surface area contributed by atoms with Gasteiger partial charge in [0, 0.05) is 25.6 Å². The molecule has 0 aliphatic heterocycles. The van der Waals surface area contributed by atoms with Gasteiger partial charge in [0.2, 0.25) is 0 Å². The summed E-state index contributed by atoms with van der Waals surface area (Å²) in [5.41, 5.74) is 3.00. The molecule has 192 valence electrons. The van der Waals surface area contributed by atoms with Crippen molar-refractivity contribution in [3.8, 4) is 0 Å². The second kappa shape index (κ2) is 14.8. The van der Waals surface area contributed by atoms with E-state index in [1.54, 1.807) is 6.92 Å². The van der Waals surface area contributed by atoms with Crippen molar-refractivity contribution in [2.24, 2.45) is 0 Å². The number of rotatable bonds is 15. The fourth-order valence-corrected chi connectivity index (χ4v) is 4.16. The van der Waals surface area contributed by atoms with Crippen LogP contribution in [0.5, 0.6) is 0 Å². The van der Waals surface area contributed by atoms with Gasteiger partial charge in [0.25, 0.3) is 0 Å². The zero-order chi connectivity index (χ0) is 25.6. The van der Waals surface area contributed by atoms with Crippen molar-refractivity contribution in [3.63, 3.8) is 0 Å². The van der Waals surface area contributed by atoms with E-state index >= 15 is 0 Å². The Labute approximate surface area is 212 Å². The molecule has 3 aromatic rings. The largest absolute Gasteiger partial charge is 0.466 e. The van der Waals surface area contributed by atoms with Gasteiger partial charge < -0.3 is 9.47 Å². The standard InChI is InChI=1S/C28H36N4O4/c1-3-35-27(33)19-11-10-18-26(32-25-17-9-8-16-24(25)29-30-32)31(22-23-14-6-5-7-15-23)21-13-12-20-28(34)36-4-2/h5-9,12,14-17,20,26H,3-4,10-11,13,18-19,21-22H2,1-2H3/b20-12+. The summed E-state index contributed by atoms with van der Waals surface area (Å²) in [6, 6.07) is 18.2. The fourth-order valence-electron chi connectivity index (χ4n) is 4.16. The molecule has 0 saturated carbocycles. The number of ether oxygens (including phenoxy) is 2. The van der Waals surface area contributed by atoms with Crippen molar-refractivity contribution in [1.82, 2.24) is 19.9 Å². The first-order valence-electron chi connectivity index (χ1n) is 12.7. The highest BCUT2D eigenvalue weighted by molar-refractivity contribution is 5.81. The van der Waals surface area contributed by atoms with Crippen LogP contribution in [0.15, 0.2) is 66.7 Å². The smallest absolute Gasteiger partial charge is 0.330 e. The van der Waals surface area contributed by atoms with E-state index in [2.05, 4.69) is 27.3 Å². The van der Waals surface area contributed by atoms with Gasteiger partial charge in [0.15, 0.2) is 0 Å². The highest BCUT2D eigenvalue weighted by atomic mass is 16.5. The minimum Gasteiger partial charge on any atom is -0.466 e. The number of carbonyl (C=O) groups is 2. The van der Waals surface area contributed by atoms with Gasteiger partial charge in [0.1, 0.15) is 11.7 Å². The van der Waals surface area contributed by atoms with Gasteiger partial charge in [-0.15, -0.1) is 5.10 Å². The lowest BCUT2D eigenvalue weighted by Gasteiger charge is -2.32. The SMILES string of the molecule is CCOC(=O)/C=C/CCN(Cc1ccccc1)C(CCCCC(=O)OCC)n1nnc2ccccc21. The van der Waals surface area contributed by atoms with Crippen LogP contribution in [0, 0.1) is 0 Å². The molecule has 0 saturated heterocycles. The molecular formula is C28H36N4O4. The Kier molecular flexibility index (Phi) is 11.1. The number of benzene rings is 2. The molecular weight excluding hydrogens is 456 g/mol. The molecule has 0 amide bonds. The Balaban J connectivity index is 1.82. The maximum Gasteiger partial charge on any atom is 0.330 e. The van der Waals surface area contributed by atoms with Gasteiger partial charge in [-0.1, -0.05) is 53.8 Å². The highest BCUT2D eigenvalue weighted by Gasteiger charge is 2.23. The van der Waals surface area contributed by atoms with Gasteiger partial charge in [0.05, 0.1) is 18.7 Å². The maximum absolute atomic E-state index is 11.8. The minimum atomic E-state index is -0.329.